The van der Waals surface area contributed by atoms with Gasteiger partial charge < -0.3 is 13.7 Å². The Morgan fingerprint density at radius 1 is 1.00 bits per heavy atom. The van der Waals surface area contributed by atoms with Crippen molar-refractivity contribution >= 4 is 10.1 Å². The predicted octanol–water partition coefficient (Wildman–Crippen LogP) is 2.75. The van der Waals surface area contributed by atoms with Crippen LogP contribution in [0, 0.1) is 5.82 Å². The van der Waals surface area contributed by atoms with Gasteiger partial charge in [-0.3, -0.25) is 0 Å². The lowest BCUT2D eigenvalue weighted by molar-refractivity contribution is 0.296. The molecule has 0 bridgehead atoms. The van der Waals surface area contributed by atoms with E-state index in [9.17, 15) is 12.8 Å². The van der Waals surface area contributed by atoms with Crippen LogP contribution in [-0.4, -0.2) is 21.6 Å². The number of hydrogen-bond acceptors (Lipinski definition) is 5. The molecule has 0 radical (unpaired) electrons. The minimum absolute atomic E-state index is 0.0824. The van der Waals surface area contributed by atoms with Crippen LogP contribution in [0.3, 0.4) is 0 Å². The first-order chi connectivity index (χ1) is 10.5. The second kappa shape index (κ2) is 5.84. The molecular formula is C15H13FO5S. The zero-order valence-corrected chi connectivity index (χ0v) is 12.3. The number of hydrogen-bond donors (Lipinski definition) is 0. The number of benzene rings is 2. The van der Waals surface area contributed by atoms with E-state index in [2.05, 4.69) is 0 Å². The van der Waals surface area contributed by atoms with Crippen molar-refractivity contribution in [3.63, 3.8) is 0 Å². The van der Waals surface area contributed by atoms with Crippen LogP contribution in [0.15, 0.2) is 47.4 Å². The Kier molecular flexibility index (Phi) is 3.89. The fourth-order valence-corrected chi connectivity index (χ4v) is 2.93. The molecule has 0 N–H and O–H groups in total. The first-order valence-corrected chi connectivity index (χ1v) is 8.05. The molecule has 0 aromatic heterocycles. The SMILES string of the molecule is O=S(=O)(Oc1cccc(F)c1)c1ccc2c(c1)OCCCO2. The van der Waals surface area contributed by atoms with Crippen molar-refractivity contribution in [3.05, 3.63) is 48.3 Å². The van der Waals surface area contributed by atoms with E-state index in [-0.39, 0.29) is 10.6 Å². The van der Waals surface area contributed by atoms with E-state index in [1.165, 1.54) is 36.4 Å². The fraction of sp³-hybridized carbons (Fsp3) is 0.200. The first-order valence-electron chi connectivity index (χ1n) is 6.64. The highest BCUT2D eigenvalue weighted by Crippen LogP contribution is 2.32. The highest BCUT2D eigenvalue weighted by Gasteiger charge is 2.20. The van der Waals surface area contributed by atoms with E-state index < -0.39 is 15.9 Å². The molecule has 0 fully saturated rings. The molecular weight excluding hydrogens is 311 g/mol. The van der Waals surface area contributed by atoms with Crippen molar-refractivity contribution in [3.8, 4) is 17.2 Å². The molecule has 1 aliphatic heterocycles. The van der Waals surface area contributed by atoms with Crippen molar-refractivity contribution in [1.29, 1.82) is 0 Å². The van der Waals surface area contributed by atoms with Crippen molar-refractivity contribution in [2.75, 3.05) is 13.2 Å². The maximum Gasteiger partial charge on any atom is 0.339 e. The lowest BCUT2D eigenvalue weighted by Gasteiger charge is -2.10. The highest BCUT2D eigenvalue weighted by atomic mass is 32.2. The molecule has 7 heteroatoms. The van der Waals surface area contributed by atoms with Crippen LogP contribution in [0.25, 0.3) is 0 Å². The van der Waals surface area contributed by atoms with Crippen molar-refractivity contribution in [2.24, 2.45) is 0 Å². The maximum atomic E-state index is 13.1. The van der Waals surface area contributed by atoms with Crippen LogP contribution in [0.1, 0.15) is 6.42 Å². The van der Waals surface area contributed by atoms with E-state index >= 15 is 0 Å². The largest absolute Gasteiger partial charge is 0.490 e. The molecule has 3 rings (SSSR count). The Morgan fingerprint density at radius 3 is 2.55 bits per heavy atom. The summed E-state index contributed by atoms with van der Waals surface area (Å²) in [5, 5.41) is 0. The summed E-state index contributed by atoms with van der Waals surface area (Å²) in [7, 11) is -4.08. The van der Waals surface area contributed by atoms with Gasteiger partial charge in [-0.1, -0.05) is 6.07 Å². The third-order valence-corrected chi connectivity index (χ3v) is 4.25. The molecule has 0 spiro atoms. The Labute approximate surface area is 127 Å². The van der Waals surface area contributed by atoms with Crippen molar-refractivity contribution in [2.45, 2.75) is 11.3 Å². The van der Waals surface area contributed by atoms with Crippen LogP contribution < -0.4 is 13.7 Å². The zero-order valence-electron chi connectivity index (χ0n) is 11.5. The van der Waals surface area contributed by atoms with Crippen molar-refractivity contribution < 1.29 is 26.5 Å². The van der Waals surface area contributed by atoms with Gasteiger partial charge in [0.2, 0.25) is 0 Å². The molecule has 5 nitrogen and oxygen atoms in total. The number of fused-ring (bicyclic) bond motifs is 1. The number of rotatable bonds is 3. The molecule has 1 aliphatic rings. The minimum atomic E-state index is -4.08. The first kappa shape index (κ1) is 14.6. The van der Waals surface area contributed by atoms with Gasteiger partial charge in [0.05, 0.1) is 13.2 Å². The summed E-state index contributed by atoms with van der Waals surface area (Å²) in [4.78, 5) is -0.0824. The number of ether oxygens (including phenoxy) is 2. The monoisotopic (exact) mass is 324 g/mol. The van der Waals surface area contributed by atoms with E-state index in [0.29, 0.717) is 24.7 Å². The van der Waals surface area contributed by atoms with E-state index in [0.717, 1.165) is 12.5 Å². The summed E-state index contributed by atoms with van der Waals surface area (Å²) >= 11 is 0. The fourth-order valence-electron chi connectivity index (χ4n) is 1.99. The third kappa shape index (κ3) is 3.14. The highest BCUT2D eigenvalue weighted by molar-refractivity contribution is 7.87. The Hall–Kier alpha value is -2.28. The summed E-state index contributed by atoms with van der Waals surface area (Å²) in [5.74, 6) is 0.169. The smallest absolute Gasteiger partial charge is 0.339 e. The van der Waals surface area contributed by atoms with Crippen LogP contribution in [0.5, 0.6) is 17.2 Å². The molecule has 1 heterocycles. The quantitative estimate of drug-likeness (QED) is 0.813. The molecule has 22 heavy (non-hydrogen) atoms. The molecule has 0 amide bonds. The lowest BCUT2D eigenvalue weighted by atomic mass is 10.3. The molecule has 0 unspecified atom stereocenters. The van der Waals surface area contributed by atoms with Gasteiger partial charge in [-0.05, 0) is 24.3 Å². The summed E-state index contributed by atoms with van der Waals surface area (Å²) in [5.41, 5.74) is 0. The molecule has 2 aromatic rings. The maximum absolute atomic E-state index is 13.1. The Bertz CT molecular complexity index is 788. The van der Waals surface area contributed by atoms with Gasteiger partial charge in [0.25, 0.3) is 0 Å². The molecule has 2 aromatic carbocycles. The van der Waals surface area contributed by atoms with E-state index in [1.54, 1.807) is 0 Å². The van der Waals surface area contributed by atoms with Crippen LogP contribution in [0.2, 0.25) is 0 Å². The van der Waals surface area contributed by atoms with Gasteiger partial charge >= 0.3 is 10.1 Å². The third-order valence-electron chi connectivity index (χ3n) is 3.01. The zero-order chi connectivity index (χ0) is 15.6. The summed E-state index contributed by atoms with van der Waals surface area (Å²) in [6, 6.07) is 9.16. The Morgan fingerprint density at radius 2 is 1.77 bits per heavy atom. The predicted molar refractivity (Wildman–Crippen MR) is 76.3 cm³/mol. The van der Waals surface area contributed by atoms with Gasteiger partial charge in [-0.2, -0.15) is 8.42 Å². The van der Waals surface area contributed by atoms with Gasteiger partial charge in [-0.15, -0.1) is 0 Å². The van der Waals surface area contributed by atoms with Crippen LogP contribution in [-0.2, 0) is 10.1 Å². The number of halogens is 1. The summed E-state index contributed by atoms with van der Waals surface area (Å²) in [6.07, 6.45) is 0.719. The standard InChI is InChI=1S/C15H13FO5S/c16-11-3-1-4-12(9-11)21-22(17,18)13-5-6-14-15(10-13)20-8-2-7-19-14/h1,3-6,9-10H,2,7-8H2. The summed E-state index contributed by atoms with van der Waals surface area (Å²) < 4.78 is 53.4. The van der Waals surface area contributed by atoms with Crippen LogP contribution >= 0.6 is 0 Å². The second-order valence-corrected chi connectivity index (χ2v) is 6.20. The average Bonchev–Trinajstić information content (AvgIpc) is 2.71. The van der Waals surface area contributed by atoms with Crippen molar-refractivity contribution in [1.82, 2.24) is 0 Å². The van der Waals surface area contributed by atoms with E-state index in [4.69, 9.17) is 13.7 Å². The van der Waals surface area contributed by atoms with E-state index in [1.807, 2.05) is 0 Å². The topological polar surface area (TPSA) is 61.8 Å². The molecule has 0 saturated carbocycles. The minimum Gasteiger partial charge on any atom is -0.490 e. The Balaban J connectivity index is 1.90. The second-order valence-electron chi connectivity index (χ2n) is 4.65. The molecule has 0 atom stereocenters. The van der Waals surface area contributed by atoms with Gasteiger partial charge in [-0.25, -0.2) is 4.39 Å². The lowest BCUT2D eigenvalue weighted by Crippen LogP contribution is -2.10. The molecule has 0 aliphatic carbocycles. The molecule has 0 saturated heterocycles. The average molecular weight is 324 g/mol. The van der Waals surface area contributed by atoms with Gasteiger partial charge in [0, 0.05) is 18.6 Å². The summed E-state index contributed by atoms with van der Waals surface area (Å²) in [6.45, 7) is 0.958. The van der Waals surface area contributed by atoms with Crippen LogP contribution in [0.4, 0.5) is 4.39 Å². The molecule has 116 valence electrons. The van der Waals surface area contributed by atoms with Gasteiger partial charge in [0.15, 0.2) is 11.5 Å². The normalized spacial score (nSPS) is 14.2. The van der Waals surface area contributed by atoms with Gasteiger partial charge in [0.1, 0.15) is 16.5 Å².